The van der Waals surface area contributed by atoms with Crippen molar-refractivity contribution in [2.45, 2.75) is 18.8 Å². The number of thiazole rings is 1. The van der Waals surface area contributed by atoms with Crippen LogP contribution in [-0.4, -0.2) is 10.9 Å². The summed E-state index contributed by atoms with van der Waals surface area (Å²) in [5, 5.41) is 4.67. The Morgan fingerprint density at radius 1 is 1.32 bits per heavy atom. The van der Waals surface area contributed by atoms with Crippen molar-refractivity contribution in [2.75, 3.05) is 5.32 Å². The van der Waals surface area contributed by atoms with Crippen molar-refractivity contribution in [3.8, 4) is 0 Å². The monoisotopic (exact) mass is 280 g/mol. The molecule has 1 aliphatic carbocycles. The van der Waals surface area contributed by atoms with Gasteiger partial charge in [-0.05, 0) is 25.0 Å². The summed E-state index contributed by atoms with van der Waals surface area (Å²) in [4.78, 5) is 16.1. The molecule has 1 heterocycles. The zero-order valence-electron chi connectivity index (χ0n) is 9.82. The number of halogens is 2. The lowest BCUT2D eigenvalue weighted by molar-refractivity contribution is 0.101. The third kappa shape index (κ3) is 2.49. The molecular formula is C13H10F2N2OS. The van der Waals surface area contributed by atoms with Crippen LogP contribution in [0.3, 0.4) is 0 Å². The van der Waals surface area contributed by atoms with Gasteiger partial charge in [-0.25, -0.2) is 13.8 Å². The molecule has 1 aromatic heterocycles. The zero-order chi connectivity index (χ0) is 13.4. The van der Waals surface area contributed by atoms with Gasteiger partial charge in [0.05, 0.1) is 5.69 Å². The van der Waals surface area contributed by atoms with Crippen molar-refractivity contribution < 1.29 is 13.6 Å². The van der Waals surface area contributed by atoms with E-state index in [0.29, 0.717) is 11.0 Å². The summed E-state index contributed by atoms with van der Waals surface area (Å²) in [6.07, 6.45) is 2.22. The smallest absolute Gasteiger partial charge is 0.263 e. The molecule has 1 aliphatic rings. The predicted molar refractivity (Wildman–Crippen MR) is 68.4 cm³/mol. The Kier molecular flexibility index (Phi) is 3.02. The molecule has 3 nitrogen and oxygen atoms in total. The number of rotatable bonds is 3. The molecule has 19 heavy (non-hydrogen) atoms. The average Bonchev–Trinajstić information content (AvgIpc) is 3.10. The van der Waals surface area contributed by atoms with E-state index >= 15 is 0 Å². The molecular weight excluding hydrogens is 270 g/mol. The molecule has 3 rings (SSSR count). The van der Waals surface area contributed by atoms with E-state index in [9.17, 15) is 13.6 Å². The molecule has 1 saturated carbocycles. The first kappa shape index (κ1) is 12.2. The highest BCUT2D eigenvalue weighted by Crippen LogP contribution is 2.40. The largest absolute Gasteiger partial charge is 0.298 e. The lowest BCUT2D eigenvalue weighted by Gasteiger charge is -2.04. The van der Waals surface area contributed by atoms with Crippen molar-refractivity contribution in [3.05, 3.63) is 46.5 Å². The molecule has 2 aromatic rings. The Balaban J connectivity index is 1.80. The molecule has 0 atom stereocenters. The van der Waals surface area contributed by atoms with Crippen LogP contribution in [0.15, 0.2) is 23.6 Å². The van der Waals surface area contributed by atoms with E-state index in [1.807, 2.05) is 5.38 Å². The molecule has 0 unspecified atom stereocenters. The number of amides is 1. The second-order valence-corrected chi connectivity index (χ2v) is 5.26. The van der Waals surface area contributed by atoms with Gasteiger partial charge in [0.25, 0.3) is 5.91 Å². The van der Waals surface area contributed by atoms with Crippen molar-refractivity contribution in [2.24, 2.45) is 0 Å². The number of hydrogen-bond donors (Lipinski definition) is 1. The van der Waals surface area contributed by atoms with Crippen LogP contribution in [0.1, 0.15) is 34.8 Å². The highest BCUT2D eigenvalue weighted by Gasteiger charge is 2.26. The van der Waals surface area contributed by atoms with Crippen molar-refractivity contribution in [1.29, 1.82) is 0 Å². The molecule has 6 heteroatoms. The van der Waals surface area contributed by atoms with Gasteiger partial charge in [-0.15, -0.1) is 11.3 Å². The average molecular weight is 280 g/mol. The summed E-state index contributed by atoms with van der Waals surface area (Å²) in [6, 6.07) is 3.32. The Hall–Kier alpha value is -1.82. The molecule has 0 radical (unpaired) electrons. The van der Waals surface area contributed by atoms with Crippen LogP contribution < -0.4 is 5.32 Å². The Morgan fingerprint density at radius 2 is 2.00 bits per heavy atom. The number of anilines is 1. The van der Waals surface area contributed by atoms with E-state index in [4.69, 9.17) is 0 Å². The minimum Gasteiger partial charge on any atom is -0.298 e. The Labute approximate surface area is 112 Å². The summed E-state index contributed by atoms with van der Waals surface area (Å²) in [5.74, 6) is -2.09. The number of hydrogen-bond acceptors (Lipinski definition) is 3. The predicted octanol–water partition coefficient (Wildman–Crippen LogP) is 3.55. The van der Waals surface area contributed by atoms with Gasteiger partial charge in [0.15, 0.2) is 5.13 Å². The maximum atomic E-state index is 13.4. The Morgan fingerprint density at radius 3 is 2.63 bits per heavy atom. The van der Waals surface area contributed by atoms with Crippen molar-refractivity contribution in [1.82, 2.24) is 4.98 Å². The minimum absolute atomic E-state index is 0.370. The maximum absolute atomic E-state index is 13.4. The highest BCUT2D eigenvalue weighted by molar-refractivity contribution is 7.14. The first-order chi connectivity index (χ1) is 9.15. The number of carbonyl (C=O) groups is 1. The summed E-state index contributed by atoms with van der Waals surface area (Å²) in [7, 11) is 0. The van der Waals surface area contributed by atoms with Crippen LogP contribution in [0.2, 0.25) is 0 Å². The third-order valence-electron chi connectivity index (χ3n) is 2.93. The van der Waals surface area contributed by atoms with E-state index in [-0.39, 0.29) is 0 Å². The topological polar surface area (TPSA) is 42.0 Å². The van der Waals surface area contributed by atoms with Gasteiger partial charge in [-0.1, -0.05) is 6.07 Å². The quantitative estimate of drug-likeness (QED) is 0.934. The summed E-state index contributed by atoms with van der Waals surface area (Å²) < 4.78 is 26.9. The van der Waals surface area contributed by atoms with Crippen molar-refractivity contribution >= 4 is 22.4 Å². The molecule has 98 valence electrons. The standard InChI is InChI=1S/C13H10F2N2OS/c14-8-2-1-3-9(15)11(8)12(18)17-13-16-10(6-19-13)7-4-5-7/h1-3,6-7H,4-5H2,(H,16,17,18). The minimum atomic E-state index is -0.878. The van der Waals surface area contributed by atoms with E-state index in [0.717, 1.165) is 30.7 Å². The number of nitrogens with zero attached hydrogens (tertiary/aromatic N) is 1. The Bertz CT molecular complexity index is 617. The van der Waals surface area contributed by atoms with Crippen LogP contribution in [0.25, 0.3) is 0 Å². The molecule has 1 aromatic carbocycles. The van der Waals surface area contributed by atoms with E-state index < -0.39 is 23.1 Å². The zero-order valence-corrected chi connectivity index (χ0v) is 10.6. The summed E-state index contributed by atoms with van der Waals surface area (Å²) >= 11 is 1.26. The van der Waals surface area contributed by atoms with Crippen molar-refractivity contribution in [3.63, 3.8) is 0 Å². The number of benzene rings is 1. The van der Waals surface area contributed by atoms with Gasteiger partial charge in [0.2, 0.25) is 0 Å². The van der Waals surface area contributed by atoms with E-state index in [2.05, 4.69) is 10.3 Å². The fraction of sp³-hybridized carbons (Fsp3) is 0.231. The highest BCUT2D eigenvalue weighted by atomic mass is 32.1. The first-order valence-electron chi connectivity index (χ1n) is 5.86. The second kappa shape index (κ2) is 4.70. The lowest BCUT2D eigenvalue weighted by Crippen LogP contribution is -2.15. The van der Waals surface area contributed by atoms with Gasteiger partial charge >= 0.3 is 0 Å². The molecule has 1 amide bonds. The van der Waals surface area contributed by atoms with Crippen LogP contribution in [-0.2, 0) is 0 Å². The van der Waals surface area contributed by atoms with Crippen LogP contribution in [0.4, 0.5) is 13.9 Å². The summed E-state index contributed by atoms with van der Waals surface area (Å²) in [6.45, 7) is 0. The summed E-state index contributed by atoms with van der Waals surface area (Å²) in [5.41, 5.74) is 0.361. The van der Waals surface area contributed by atoms with Gasteiger partial charge in [-0.3, -0.25) is 10.1 Å². The van der Waals surface area contributed by atoms with Crippen LogP contribution >= 0.6 is 11.3 Å². The number of nitrogens with one attached hydrogen (secondary N) is 1. The second-order valence-electron chi connectivity index (χ2n) is 4.40. The van der Waals surface area contributed by atoms with E-state index in [1.54, 1.807) is 0 Å². The van der Waals surface area contributed by atoms with E-state index in [1.165, 1.54) is 17.4 Å². The third-order valence-corrected chi connectivity index (χ3v) is 3.70. The molecule has 1 fully saturated rings. The molecule has 0 spiro atoms. The molecule has 0 bridgehead atoms. The van der Waals surface area contributed by atoms with Gasteiger partial charge in [-0.2, -0.15) is 0 Å². The lowest BCUT2D eigenvalue weighted by atomic mass is 10.2. The van der Waals surface area contributed by atoms with Crippen LogP contribution in [0.5, 0.6) is 0 Å². The van der Waals surface area contributed by atoms with Gasteiger partial charge in [0.1, 0.15) is 17.2 Å². The van der Waals surface area contributed by atoms with Crippen LogP contribution in [0, 0.1) is 11.6 Å². The van der Waals surface area contributed by atoms with Gasteiger partial charge in [0, 0.05) is 11.3 Å². The molecule has 0 saturated heterocycles. The fourth-order valence-corrected chi connectivity index (χ4v) is 2.57. The first-order valence-corrected chi connectivity index (χ1v) is 6.74. The van der Waals surface area contributed by atoms with Gasteiger partial charge < -0.3 is 0 Å². The maximum Gasteiger partial charge on any atom is 0.263 e. The normalized spacial score (nSPS) is 14.4. The SMILES string of the molecule is O=C(Nc1nc(C2CC2)cs1)c1c(F)cccc1F. The number of carbonyl (C=O) groups excluding carboxylic acids is 1. The number of aromatic nitrogens is 1. The molecule has 0 aliphatic heterocycles. The fourth-order valence-electron chi connectivity index (χ4n) is 1.78. The molecule has 1 N–H and O–H groups in total.